The van der Waals surface area contributed by atoms with Crippen LogP contribution in [-0.4, -0.2) is 57.1 Å². The van der Waals surface area contributed by atoms with Gasteiger partial charge >= 0.3 is 0 Å². The summed E-state index contributed by atoms with van der Waals surface area (Å²) in [5, 5.41) is 15.2. The fraction of sp³-hybridized carbons (Fsp3) is 0.235. The van der Waals surface area contributed by atoms with Crippen LogP contribution in [0.25, 0.3) is 33.0 Å². The van der Waals surface area contributed by atoms with Crippen LogP contribution in [-0.2, 0) is 22.7 Å². The second-order valence-corrected chi connectivity index (χ2v) is 10.5. The molecule has 2 amide bonds. The fourth-order valence-corrected chi connectivity index (χ4v) is 5.83. The van der Waals surface area contributed by atoms with Gasteiger partial charge in [-0.1, -0.05) is 68.4 Å². The van der Waals surface area contributed by atoms with Crippen LogP contribution in [0.15, 0.2) is 85.2 Å². The number of rotatable bonds is 11. The maximum atomic E-state index is 13.5. The topological polar surface area (TPSA) is 99.6 Å². The van der Waals surface area contributed by atoms with Gasteiger partial charge in [-0.2, -0.15) is 0 Å². The molecular weight excluding hydrogens is 528 g/mol. The summed E-state index contributed by atoms with van der Waals surface area (Å²) in [6.07, 6.45) is 3.01. The number of likely N-dealkylation sites (N-methyl/N-ethyl adjacent to an activating group) is 1. The number of aromatic amines is 1. The van der Waals surface area contributed by atoms with Crippen LogP contribution < -0.4 is 10.1 Å². The summed E-state index contributed by atoms with van der Waals surface area (Å²) in [6, 6.07) is 23.3. The van der Waals surface area contributed by atoms with Crippen LogP contribution in [0.5, 0.6) is 5.75 Å². The van der Waals surface area contributed by atoms with Crippen LogP contribution in [0.1, 0.15) is 30.5 Å². The maximum Gasteiger partial charge on any atom is 0.259 e. The minimum Gasteiger partial charge on any atom is -0.488 e. The first kappa shape index (κ1) is 27.5. The Morgan fingerprint density at radius 2 is 1.60 bits per heavy atom. The minimum absolute atomic E-state index is 0.294. The number of aliphatic hydroxyl groups excluding tert-OH is 1. The maximum absolute atomic E-state index is 13.5. The van der Waals surface area contributed by atoms with E-state index in [9.17, 15) is 14.7 Å². The third kappa shape index (κ3) is 5.11. The van der Waals surface area contributed by atoms with E-state index in [1.54, 1.807) is 6.20 Å². The number of nitrogens with zero attached hydrogens (tertiary/aromatic N) is 2. The highest BCUT2D eigenvalue weighted by atomic mass is 16.5. The van der Waals surface area contributed by atoms with Crippen molar-refractivity contribution in [1.29, 1.82) is 0 Å². The Morgan fingerprint density at radius 3 is 2.36 bits per heavy atom. The molecule has 42 heavy (non-hydrogen) atoms. The van der Waals surface area contributed by atoms with E-state index >= 15 is 0 Å². The zero-order chi connectivity index (χ0) is 29.2. The highest BCUT2D eigenvalue weighted by Gasteiger charge is 2.36. The molecule has 1 aliphatic rings. The summed E-state index contributed by atoms with van der Waals surface area (Å²) in [6.45, 7) is 7.01. The number of nitrogens with one attached hydrogen (secondary N) is 2. The van der Waals surface area contributed by atoms with Crippen molar-refractivity contribution in [2.24, 2.45) is 0 Å². The number of amides is 2. The van der Waals surface area contributed by atoms with Crippen molar-refractivity contribution >= 4 is 44.8 Å². The number of aromatic nitrogens is 2. The SMILES string of the molecule is CCN(CC)CC(O)Cn1cc(C2=C(c3c[nH]c4ccccc34)C(=O)NC2=O)c2c(OCc3ccccc3)cccc21. The number of aliphatic hydroxyl groups is 1. The van der Waals surface area contributed by atoms with Crippen molar-refractivity contribution in [2.75, 3.05) is 19.6 Å². The quantitative estimate of drug-likeness (QED) is 0.198. The largest absolute Gasteiger partial charge is 0.488 e. The lowest BCUT2D eigenvalue weighted by Crippen LogP contribution is -2.34. The summed E-state index contributed by atoms with van der Waals surface area (Å²) in [7, 11) is 0. The first-order chi connectivity index (χ1) is 20.5. The number of para-hydroxylation sites is 1. The van der Waals surface area contributed by atoms with Crippen molar-refractivity contribution in [3.05, 3.63) is 102 Å². The molecule has 0 aliphatic carbocycles. The number of ether oxygens (including phenoxy) is 1. The van der Waals surface area contributed by atoms with Gasteiger partial charge in [-0.05, 0) is 36.9 Å². The molecule has 0 bridgehead atoms. The number of hydrogen-bond donors (Lipinski definition) is 3. The van der Waals surface area contributed by atoms with Gasteiger partial charge in [0.1, 0.15) is 12.4 Å². The number of H-pyrrole nitrogens is 1. The zero-order valence-electron chi connectivity index (χ0n) is 23.8. The van der Waals surface area contributed by atoms with E-state index in [2.05, 4.69) is 29.0 Å². The Morgan fingerprint density at radius 1 is 0.881 bits per heavy atom. The molecule has 2 aromatic heterocycles. The lowest BCUT2D eigenvalue weighted by molar-refractivity contribution is -0.122. The third-order valence-electron chi connectivity index (χ3n) is 7.94. The lowest BCUT2D eigenvalue weighted by atomic mass is 9.95. The molecule has 5 aromatic rings. The number of fused-ring (bicyclic) bond motifs is 2. The Bertz CT molecular complexity index is 1800. The average molecular weight is 563 g/mol. The highest BCUT2D eigenvalue weighted by Crippen LogP contribution is 2.41. The first-order valence-corrected chi connectivity index (χ1v) is 14.3. The standard InChI is InChI=1S/C34H34N4O4/c1-3-37(4-2)18-23(39)19-38-20-26(30-28(38)15-10-16-29(30)42-21-22-11-6-5-7-12-22)32-31(33(40)36-34(32)41)25-17-35-27-14-9-8-13-24(25)27/h5-17,20,23,35,39H,3-4,18-19,21H2,1-2H3,(H,36,40,41). The van der Waals surface area contributed by atoms with Gasteiger partial charge in [0.2, 0.25) is 0 Å². The van der Waals surface area contributed by atoms with E-state index in [4.69, 9.17) is 4.74 Å². The summed E-state index contributed by atoms with van der Waals surface area (Å²) in [5.74, 6) is -0.299. The predicted octanol–water partition coefficient (Wildman–Crippen LogP) is 4.97. The second kappa shape index (κ2) is 11.7. The number of carbonyl (C=O) groups excluding carboxylic acids is 2. The van der Waals surface area contributed by atoms with Crippen molar-refractivity contribution in [3.63, 3.8) is 0 Å². The Balaban J connectivity index is 1.52. The van der Waals surface area contributed by atoms with Gasteiger partial charge in [0.25, 0.3) is 11.8 Å². The Labute approximate surface area is 244 Å². The molecule has 0 saturated heterocycles. The molecule has 8 nitrogen and oxygen atoms in total. The smallest absolute Gasteiger partial charge is 0.259 e. The van der Waals surface area contributed by atoms with E-state index in [0.717, 1.165) is 40.5 Å². The number of benzene rings is 3. The van der Waals surface area contributed by atoms with Gasteiger partial charge < -0.3 is 24.3 Å². The van der Waals surface area contributed by atoms with Gasteiger partial charge in [0.05, 0.1) is 22.8 Å². The van der Waals surface area contributed by atoms with E-state index < -0.39 is 17.9 Å². The molecule has 1 aliphatic heterocycles. The third-order valence-corrected chi connectivity index (χ3v) is 7.94. The lowest BCUT2D eigenvalue weighted by Gasteiger charge is -2.22. The summed E-state index contributed by atoms with van der Waals surface area (Å²) < 4.78 is 8.31. The molecule has 3 N–H and O–H groups in total. The van der Waals surface area contributed by atoms with E-state index in [1.807, 2.05) is 83.6 Å². The monoisotopic (exact) mass is 562 g/mol. The zero-order valence-corrected chi connectivity index (χ0v) is 23.8. The van der Waals surface area contributed by atoms with E-state index in [1.165, 1.54) is 0 Å². The number of hydrogen-bond acceptors (Lipinski definition) is 5. The van der Waals surface area contributed by atoms with Gasteiger partial charge in [-0.25, -0.2) is 0 Å². The van der Waals surface area contributed by atoms with Crippen molar-refractivity contribution in [1.82, 2.24) is 19.8 Å². The molecule has 1 atom stereocenters. The second-order valence-electron chi connectivity index (χ2n) is 10.5. The normalized spacial score (nSPS) is 14.4. The number of carbonyl (C=O) groups is 2. The predicted molar refractivity (Wildman–Crippen MR) is 165 cm³/mol. The van der Waals surface area contributed by atoms with Crippen molar-refractivity contribution in [2.45, 2.75) is 33.1 Å². The summed E-state index contributed by atoms with van der Waals surface area (Å²) >= 11 is 0. The van der Waals surface area contributed by atoms with E-state index in [-0.39, 0.29) is 0 Å². The van der Waals surface area contributed by atoms with Gasteiger partial charge in [0.15, 0.2) is 0 Å². The van der Waals surface area contributed by atoms with Gasteiger partial charge in [-0.15, -0.1) is 0 Å². The molecule has 8 heteroatoms. The van der Waals surface area contributed by atoms with Crippen LogP contribution >= 0.6 is 0 Å². The van der Waals surface area contributed by atoms with Gasteiger partial charge in [-0.3, -0.25) is 14.9 Å². The van der Waals surface area contributed by atoms with Crippen LogP contribution in [0.2, 0.25) is 0 Å². The van der Waals surface area contributed by atoms with Crippen LogP contribution in [0, 0.1) is 0 Å². The Hall–Kier alpha value is -4.66. The van der Waals surface area contributed by atoms with Crippen LogP contribution in [0.3, 0.4) is 0 Å². The fourth-order valence-electron chi connectivity index (χ4n) is 5.83. The molecule has 3 heterocycles. The minimum atomic E-state index is -0.636. The van der Waals surface area contributed by atoms with Crippen molar-refractivity contribution in [3.8, 4) is 5.75 Å². The molecule has 0 radical (unpaired) electrons. The van der Waals surface area contributed by atoms with Crippen molar-refractivity contribution < 1.29 is 19.4 Å². The van der Waals surface area contributed by atoms with Crippen LogP contribution in [0.4, 0.5) is 0 Å². The number of imide groups is 1. The molecule has 214 valence electrons. The van der Waals surface area contributed by atoms with Gasteiger partial charge in [0, 0.05) is 52.9 Å². The van der Waals surface area contributed by atoms with E-state index in [0.29, 0.717) is 47.7 Å². The molecule has 1 unspecified atom stereocenters. The molecule has 0 fully saturated rings. The summed E-state index contributed by atoms with van der Waals surface area (Å²) in [5.41, 5.74) is 4.56. The molecule has 3 aromatic carbocycles. The molecule has 0 saturated carbocycles. The summed E-state index contributed by atoms with van der Waals surface area (Å²) in [4.78, 5) is 32.2. The molecule has 0 spiro atoms. The first-order valence-electron chi connectivity index (χ1n) is 14.3. The average Bonchev–Trinajstić information content (AvgIpc) is 3.68. The highest BCUT2D eigenvalue weighted by molar-refractivity contribution is 6.51. The molecule has 6 rings (SSSR count). The molecular formula is C34H34N4O4. The Kier molecular flexibility index (Phi) is 7.65.